The quantitative estimate of drug-likeness (QED) is 0.477. The maximum atomic E-state index is 11.7. The van der Waals surface area contributed by atoms with Gasteiger partial charge in [-0.15, -0.1) is 6.58 Å². The normalized spacial score (nSPS) is 18.4. The first-order valence-electron chi connectivity index (χ1n) is 7.92. The zero-order chi connectivity index (χ0) is 14.6. The van der Waals surface area contributed by atoms with E-state index in [2.05, 4.69) is 17.2 Å². The highest BCUT2D eigenvalue weighted by Crippen LogP contribution is 2.09. The highest BCUT2D eigenvalue weighted by Gasteiger charge is 2.22. The highest BCUT2D eigenvalue weighted by atomic mass is 16.2. The summed E-state index contributed by atoms with van der Waals surface area (Å²) < 4.78 is 0. The third-order valence-corrected chi connectivity index (χ3v) is 3.68. The van der Waals surface area contributed by atoms with Crippen LogP contribution in [0, 0.1) is 0 Å². The minimum Gasteiger partial charge on any atom is -0.354 e. The summed E-state index contributed by atoms with van der Waals surface area (Å²) in [5.41, 5.74) is 0. The summed E-state index contributed by atoms with van der Waals surface area (Å²) in [7, 11) is 0. The molecule has 1 aliphatic heterocycles. The van der Waals surface area contributed by atoms with Crippen molar-refractivity contribution in [3.05, 3.63) is 12.7 Å². The van der Waals surface area contributed by atoms with E-state index in [9.17, 15) is 9.59 Å². The van der Waals surface area contributed by atoms with Crippen molar-refractivity contribution in [2.24, 2.45) is 0 Å². The Morgan fingerprint density at radius 3 is 2.65 bits per heavy atom. The third kappa shape index (κ3) is 7.31. The van der Waals surface area contributed by atoms with Gasteiger partial charge in [-0.3, -0.25) is 9.59 Å². The molecule has 20 heavy (non-hydrogen) atoms. The lowest BCUT2D eigenvalue weighted by Gasteiger charge is -2.22. The molecule has 0 saturated carbocycles. The Balaban J connectivity index is 1.97. The van der Waals surface area contributed by atoms with E-state index in [1.165, 1.54) is 25.7 Å². The molecule has 0 aromatic rings. The number of amides is 2. The molecule has 1 heterocycles. The van der Waals surface area contributed by atoms with Gasteiger partial charge < -0.3 is 10.6 Å². The summed E-state index contributed by atoms with van der Waals surface area (Å²) in [6, 6.07) is -0.310. The molecule has 0 spiro atoms. The molecular weight excluding hydrogens is 252 g/mol. The molecule has 0 aromatic heterocycles. The second kappa shape index (κ2) is 10.5. The Hall–Kier alpha value is -1.32. The van der Waals surface area contributed by atoms with Crippen LogP contribution in [-0.4, -0.2) is 24.4 Å². The average Bonchev–Trinajstić information content (AvgIpc) is 2.44. The van der Waals surface area contributed by atoms with Crippen LogP contribution < -0.4 is 10.6 Å². The fourth-order valence-corrected chi connectivity index (χ4v) is 2.46. The van der Waals surface area contributed by atoms with Crippen molar-refractivity contribution in [1.29, 1.82) is 0 Å². The topological polar surface area (TPSA) is 58.2 Å². The number of allylic oxidation sites excluding steroid dienone is 1. The molecule has 1 rings (SSSR count). The van der Waals surface area contributed by atoms with Gasteiger partial charge in [0.1, 0.15) is 6.04 Å². The number of nitrogens with one attached hydrogen (secondary N) is 2. The van der Waals surface area contributed by atoms with Crippen molar-refractivity contribution < 1.29 is 9.59 Å². The Bertz CT molecular complexity index is 316. The summed E-state index contributed by atoms with van der Waals surface area (Å²) in [4.78, 5) is 23.2. The first kappa shape index (κ1) is 16.7. The van der Waals surface area contributed by atoms with Gasteiger partial charge in [-0.1, -0.05) is 31.8 Å². The van der Waals surface area contributed by atoms with Gasteiger partial charge in [0.05, 0.1) is 0 Å². The van der Waals surface area contributed by atoms with Crippen molar-refractivity contribution in [2.75, 3.05) is 6.54 Å². The van der Waals surface area contributed by atoms with Crippen LogP contribution >= 0.6 is 0 Å². The van der Waals surface area contributed by atoms with E-state index in [1.807, 2.05) is 6.08 Å². The van der Waals surface area contributed by atoms with E-state index in [4.69, 9.17) is 0 Å². The van der Waals surface area contributed by atoms with Crippen LogP contribution in [0.25, 0.3) is 0 Å². The van der Waals surface area contributed by atoms with Crippen LogP contribution in [0.3, 0.4) is 0 Å². The van der Waals surface area contributed by atoms with Crippen molar-refractivity contribution in [2.45, 2.75) is 70.3 Å². The lowest BCUT2D eigenvalue weighted by molar-refractivity contribution is -0.130. The van der Waals surface area contributed by atoms with Crippen LogP contribution in [0.1, 0.15) is 64.2 Å². The Morgan fingerprint density at radius 2 is 1.95 bits per heavy atom. The Labute approximate surface area is 122 Å². The van der Waals surface area contributed by atoms with Gasteiger partial charge in [-0.25, -0.2) is 0 Å². The van der Waals surface area contributed by atoms with Gasteiger partial charge in [0.25, 0.3) is 0 Å². The molecule has 114 valence electrons. The minimum atomic E-state index is -0.310. The molecule has 1 fully saturated rings. The van der Waals surface area contributed by atoms with Gasteiger partial charge in [-0.05, 0) is 32.1 Å². The molecule has 0 bridgehead atoms. The van der Waals surface area contributed by atoms with E-state index >= 15 is 0 Å². The number of carbonyl (C=O) groups excluding carboxylic acids is 2. The van der Waals surface area contributed by atoms with Crippen molar-refractivity contribution in [3.8, 4) is 0 Å². The molecule has 4 heteroatoms. The first-order chi connectivity index (χ1) is 9.74. The summed E-state index contributed by atoms with van der Waals surface area (Å²) in [6.45, 7) is 4.44. The van der Waals surface area contributed by atoms with Gasteiger partial charge in [0, 0.05) is 13.0 Å². The number of unbranched alkanes of at least 4 members (excludes halogenated alkanes) is 6. The molecule has 2 N–H and O–H groups in total. The number of rotatable bonds is 10. The Morgan fingerprint density at radius 1 is 1.25 bits per heavy atom. The van der Waals surface area contributed by atoms with Gasteiger partial charge in [-0.2, -0.15) is 0 Å². The monoisotopic (exact) mass is 280 g/mol. The zero-order valence-electron chi connectivity index (χ0n) is 12.5. The highest BCUT2D eigenvalue weighted by molar-refractivity contribution is 5.87. The standard InChI is InChI=1S/C16H28N2O2/c1-2-3-4-5-6-7-8-9-12-15(19)18-14-11-10-13-17-16(14)20/h2,14H,1,3-13H2,(H,17,20)(H,18,19)/t14-/m0/s1. The van der Waals surface area contributed by atoms with Crippen molar-refractivity contribution in [3.63, 3.8) is 0 Å². The molecule has 0 aromatic carbocycles. The predicted molar refractivity (Wildman–Crippen MR) is 81.3 cm³/mol. The van der Waals surface area contributed by atoms with Gasteiger partial charge in [0.2, 0.25) is 11.8 Å². The number of carbonyl (C=O) groups is 2. The van der Waals surface area contributed by atoms with Crippen molar-refractivity contribution >= 4 is 11.8 Å². The lowest BCUT2D eigenvalue weighted by atomic mass is 10.1. The molecule has 4 nitrogen and oxygen atoms in total. The molecule has 1 atom stereocenters. The van der Waals surface area contributed by atoms with E-state index in [0.29, 0.717) is 6.42 Å². The van der Waals surface area contributed by atoms with E-state index < -0.39 is 0 Å². The smallest absolute Gasteiger partial charge is 0.242 e. The van der Waals surface area contributed by atoms with Crippen LogP contribution in [0.4, 0.5) is 0 Å². The molecule has 0 unspecified atom stereocenters. The molecule has 0 aliphatic carbocycles. The summed E-state index contributed by atoms with van der Waals surface area (Å²) in [6.07, 6.45) is 12.2. The second-order valence-corrected chi connectivity index (χ2v) is 5.50. The summed E-state index contributed by atoms with van der Waals surface area (Å²) >= 11 is 0. The average molecular weight is 280 g/mol. The van der Waals surface area contributed by atoms with E-state index in [-0.39, 0.29) is 17.9 Å². The first-order valence-corrected chi connectivity index (χ1v) is 7.92. The molecule has 2 amide bonds. The largest absolute Gasteiger partial charge is 0.354 e. The molecular formula is C16H28N2O2. The summed E-state index contributed by atoms with van der Waals surface area (Å²) in [5.74, 6) is -0.0227. The SMILES string of the molecule is C=CCCCCCCCCC(=O)N[C@H]1CCCNC1=O. The van der Waals surface area contributed by atoms with Gasteiger partial charge >= 0.3 is 0 Å². The molecule has 0 radical (unpaired) electrons. The molecule has 1 saturated heterocycles. The predicted octanol–water partition coefficient (Wildman–Crippen LogP) is 2.69. The van der Waals surface area contributed by atoms with Crippen molar-refractivity contribution in [1.82, 2.24) is 10.6 Å². The maximum Gasteiger partial charge on any atom is 0.242 e. The lowest BCUT2D eigenvalue weighted by Crippen LogP contribution is -2.50. The van der Waals surface area contributed by atoms with Crippen LogP contribution in [0.2, 0.25) is 0 Å². The van der Waals surface area contributed by atoms with Crippen LogP contribution in [0.15, 0.2) is 12.7 Å². The second-order valence-electron chi connectivity index (χ2n) is 5.50. The maximum absolute atomic E-state index is 11.7. The van der Waals surface area contributed by atoms with E-state index in [0.717, 1.165) is 38.6 Å². The Kier molecular flexibility index (Phi) is 8.76. The minimum absolute atomic E-state index is 0.0127. The number of hydrogen-bond acceptors (Lipinski definition) is 2. The fraction of sp³-hybridized carbons (Fsp3) is 0.750. The fourth-order valence-electron chi connectivity index (χ4n) is 2.46. The number of piperidine rings is 1. The molecule has 1 aliphatic rings. The summed E-state index contributed by atoms with van der Waals surface area (Å²) in [5, 5.41) is 5.60. The van der Waals surface area contributed by atoms with E-state index in [1.54, 1.807) is 0 Å². The van der Waals surface area contributed by atoms with Gasteiger partial charge in [0.15, 0.2) is 0 Å². The number of hydrogen-bond donors (Lipinski definition) is 2. The third-order valence-electron chi connectivity index (χ3n) is 3.68. The van der Waals surface area contributed by atoms with Crippen LogP contribution in [-0.2, 0) is 9.59 Å². The van der Waals surface area contributed by atoms with Crippen LogP contribution in [0.5, 0.6) is 0 Å². The zero-order valence-corrected chi connectivity index (χ0v) is 12.5.